The molecule has 2 aromatic carbocycles. The van der Waals surface area contributed by atoms with E-state index in [1.807, 2.05) is 0 Å². The maximum Gasteiger partial charge on any atom is 0.408 e. The monoisotopic (exact) mass is 515 g/mol. The van der Waals surface area contributed by atoms with Crippen LogP contribution in [0.5, 0.6) is 0 Å². The molecule has 0 saturated carbocycles. The second-order valence-electron chi connectivity index (χ2n) is 9.12. The summed E-state index contributed by atoms with van der Waals surface area (Å²) in [4.78, 5) is 42.9. The molecule has 0 aliphatic rings. The lowest BCUT2D eigenvalue weighted by molar-refractivity contribution is 0.0505. The number of nitrogens with one attached hydrogen (secondary N) is 3. The summed E-state index contributed by atoms with van der Waals surface area (Å²) >= 11 is 6.34. The molecule has 0 unspecified atom stereocenters. The number of halogens is 1. The number of carbonyl (C=O) groups excluding carboxylic acids is 2. The van der Waals surface area contributed by atoms with Crippen LogP contribution in [0.15, 0.2) is 47.3 Å². The van der Waals surface area contributed by atoms with E-state index in [2.05, 4.69) is 20.9 Å². The molecule has 192 valence electrons. The summed E-state index contributed by atoms with van der Waals surface area (Å²) < 4.78 is 6.73. The summed E-state index contributed by atoms with van der Waals surface area (Å²) in [6.45, 7) is 7.21. The number of aliphatic hydroxyl groups excluding tert-OH is 1. The molecule has 0 fully saturated rings. The van der Waals surface area contributed by atoms with Crippen LogP contribution in [0.25, 0.3) is 16.6 Å². The number of aromatic nitrogens is 2. The Balaban J connectivity index is 2.05. The maximum atomic E-state index is 13.6. The first kappa shape index (κ1) is 27.0. The lowest BCUT2D eigenvalue weighted by atomic mass is 10.2. The third-order valence-electron chi connectivity index (χ3n) is 4.98. The molecule has 3 amide bonds. The minimum absolute atomic E-state index is 0.0318. The first-order chi connectivity index (χ1) is 17.0. The Kier molecular flexibility index (Phi) is 8.54. The second-order valence-corrected chi connectivity index (χ2v) is 9.53. The molecular weight excluding hydrogens is 486 g/mol. The van der Waals surface area contributed by atoms with E-state index in [0.29, 0.717) is 40.3 Å². The zero-order valence-electron chi connectivity index (χ0n) is 20.6. The van der Waals surface area contributed by atoms with Gasteiger partial charge in [0.1, 0.15) is 11.4 Å². The zero-order valence-corrected chi connectivity index (χ0v) is 21.3. The van der Waals surface area contributed by atoms with Gasteiger partial charge in [-0.05, 0) is 64.4 Å². The summed E-state index contributed by atoms with van der Waals surface area (Å²) in [5.41, 5.74) is 0.0771. The van der Waals surface area contributed by atoms with Crippen LogP contribution in [0.1, 0.15) is 46.0 Å². The quantitative estimate of drug-likeness (QED) is 0.349. The van der Waals surface area contributed by atoms with Crippen molar-refractivity contribution in [3.8, 4) is 5.69 Å². The Morgan fingerprint density at radius 2 is 1.92 bits per heavy atom. The highest BCUT2D eigenvalue weighted by Gasteiger charge is 2.23. The fourth-order valence-corrected chi connectivity index (χ4v) is 3.68. The summed E-state index contributed by atoms with van der Waals surface area (Å²) in [7, 11) is 0. The van der Waals surface area contributed by atoms with Crippen LogP contribution in [0.4, 0.5) is 15.3 Å². The molecule has 36 heavy (non-hydrogen) atoms. The highest BCUT2D eigenvalue weighted by atomic mass is 35.5. The average molecular weight is 516 g/mol. The van der Waals surface area contributed by atoms with Crippen LogP contribution in [-0.2, 0) is 4.74 Å². The Morgan fingerprint density at radius 3 is 2.61 bits per heavy atom. The SMILES string of the molecule is C[C@H](NC(=O)OC(C)(C)C)c1nc2c(Cl)cccc2c(=O)n1-c1cccc(NC(=O)NCCCO)c1. The van der Waals surface area contributed by atoms with Crippen LogP contribution < -0.4 is 21.5 Å². The zero-order chi connectivity index (χ0) is 26.5. The van der Waals surface area contributed by atoms with Crippen molar-refractivity contribution in [2.75, 3.05) is 18.5 Å². The van der Waals surface area contributed by atoms with Crippen LogP contribution in [0, 0.1) is 0 Å². The Labute approximate surface area is 213 Å². The number of nitrogens with zero attached hydrogens (tertiary/aromatic N) is 2. The van der Waals surface area contributed by atoms with Gasteiger partial charge in [-0.15, -0.1) is 0 Å². The molecule has 0 spiro atoms. The number of aliphatic hydroxyl groups is 1. The first-order valence-corrected chi connectivity index (χ1v) is 11.8. The van der Waals surface area contributed by atoms with Crippen LogP contribution in [-0.4, -0.2) is 45.5 Å². The molecule has 1 heterocycles. The van der Waals surface area contributed by atoms with E-state index < -0.39 is 23.8 Å². The van der Waals surface area contributed by atoms with E-state index in [4.69, 9.17) is 21.4 Å². The standard InChI is InChI=1S/C25H30ClN5O5/c1-15(28-24(35)36-25(2,3)4)21-30-20-18(10-6-11-19(20)26)22(33)31(21)17-9-5-8-16(14-17)29-23(34)27-12-7-13-32/h5-6,8-11,14-15,32H,7,12-13H2,1-4H3,(H,28,35)(H2,27,29,34)/t15-/m0/s1. The largest absolute Gasteiger partial charge is 0.444 e. The smallest absolute Gasteiger partial charge is 0.408 e. The molecule has 0 saturated heterocycles. The number of amides is 3. The van der Waals surface area contributed by atoms with Crippen molar-refractivity contribution >= 4 is 40.3 Å². The number of rotatable bonds is 7. The van der Waals surface area contributed by atoms with Gasteiger partial charge in [-0.25, -0.2) is 14.6 Å². The average Bonchev–Trinajstić information content (AvgIpc) is 2.78. The van der Waals surface area contributed by atoms with Gasteiger partial charge in [0, 0.05) is 18.8 Å². The van der Waals surface area contributed by atoms with E-state index in [0.717, 1.165) is 0 Å². The molecule has 11 heteroatoms. The Hall–Kier alpha value is -3.63. The Morgan fingerprint density at radius 1 is 1.19 bits per heavy atom. The predicted molar refractivity (Wildman–Crippen MR) is 139 cm³/mol. The fraction of sp³-hybridized carbons (Fsp3) is 0.360. The van der Waals surface area contributed by atoms with Gasteiger partial charge in [-0.1, -0.05) is 23.7 Å². The molecule has 0 bridgehead atoms. The number of alkyl carbamates (subject to hydrolysis) is 1. The van der Waals surface area contributed by atoms with Crippen molar-refractivity contribution in [1.29, 1.82) is 0 Å². The van der Waals surface area contributed by atoms with E-state index >= 15 is 0 Å². The van der Waals surface area contributed by atoms with E-state index in [1.54, 1.807) is 70.2 Å². The van der Waals surface area contributed by atoms with Gasteiger partial charge in [-0.2, -0.15) is 0 Å². The van der Waals surface area contributed by atoms with Crippen LogP contribution >= 0.6 is 11.6 Å². The normalized spacial score (nSPS) is 12.2. The molecule has 0 aliphatic heterocycles. The molecule has 3 aromatic rings. The minimum Gasteiger partial charge on any atom is -0.444 e. The van der Waals surface area contributed by atoms with Crippen molar-refractivity contribution in [3.63, 3.8) is 0 Å². The third kappa shape index (κ3) is 6.73. The van der Waals surface area contributed by atoms with Gasteiger partial charge in [0.15, 0.2) is 0 Å². The predicted octanol–water partition coefficient (Wildman–Crippen LogP) is 4.13. The lowest BCUT2D eigenvalue weighted by Gasteiger charge is -2.23. The molecule has 0 radical (unpaired) electrons. The number of hydrogen-bond donors (Lipinski definition) is 4. The van der Waals surface area contributed by atoms with Gasteiger partial charge in [0.2, 0.25) is 0 Å². The third-order valence-corrected chi connectivity index (χ3v) is 5.28. The van der Waals surface area contributed by atoms with Gasteiger partial charge >= 0.3 is 12.1 Å². The van der Waals surface area contributed by atoms with Gasteiger partial charge < -0.3 is 25.8 Å². The highest BCUT2D eigenvalue weighted by Crippen LogP contribution is 2.24. The second kappa shape index (κ2) is 11.4. The van der Waals surface area contributed by atoms with Crippen molar-refractivity contribution in [3.05, 3.63) is 63.7 Å². The molecule has 1 aromatic heterocycles. The number of fused-ring (bicyclic) bond motifs is 1. The summed E-state index contributed by atoms with van der Waals surface area (Å²) in [6.07, 6.45) is -0.231. The van der Waals surface area contributed by atoms with E-state index in [9.17, 15) is 14.4 Å². The van der Waals surface area contributed by atoms with E-state index in [-0.39, 0.29) is 18.0 Å². The molecule has 4 N–H and O–H groups in total. The maximum absolute atomic E-state index is 13.6. The number of urea groups is 1. The van der Waals surface area contributed by atoms with Gasteiger partial charge in [0.25, 0.3) is 5.56 Å². The lowest BCUT2D eigenvalue weighted by Crippen LogP contribution is -2.37. The van der Waals surface area contributed by atoms with Crippen molar-refractivity contribution in [2.24, 2.45) is 0 Å². The summed E-state index contributed by atoms with van der Waals surface area (Å²) in [5, 5.41) is 17.5. The molecule has 10 nitrogen and oxygen atoms in total. The molecular formula is C25H30ClN5O5. The van der Waals surface area contributed by atoms with Crippen molar-refractivity contribution in [1.82, 2.24) is 20.2 Å². The number of ether oxygens (including phenoxy) is 1. The van der Waals surface area contributed by atoms with Crippen LogP contribution in [0.2, 0.25) is 5.02 Å². The fourth-order valence-electron chi connectivity index (χ4n) is 3.46. The number of para-hydroxylation sites is 1. The summed E-state index contributed by atoms with van der Waals surface area (Å²) in [6, 6.07) is 10.4. The molecule has 3 rings (SSSR count). The first-order valence-electron chi connectivity index (χ1n) is 11.5. The Bertz CT molecular complexity index is 1320. The van der Waals surface area contributed by atoms with Crippen LogP contribution in [0.3, 0.4) is 0 Å². The van der Waals surface area contributed by atoms with Gasteiger partial charge in [0.05, 0.1) is 27.7 Å². The van der Waals surface area contributed by atoms with Crippen molar-refractivity contribution in [2.45, 2.75) is 45.8 Å². The summed E-state index contributed by atoms with van der Waals surface area (Å²) in [5.74, 6) is 0.232. The topological polar surface area (TPSA) is 135 Å². The van der Waals surface area contributed by atoms with E-state index in [1.165, 1.54) is 4.57 Å². The van der Waals surface area contributed by atoms with Crippen molar-refractivity contribution < 1.29 is 19.4 Å². The number of anilines is 1. The minimum atomic E-state index is -0.730. The molecule has 1 atom stereocenters. The number of carbonyl (C=O) groups is 2. The highest BCUT2D eigenvalue weighted by molar-refractivity contribution is 6.35. The van der Waals surface area contributed by atoms with Gasteiger partial charge in [-0.3, -0.25) is 9.36 Å². The number of hydrogen-bond acceptors (Lipinski definition) is 6. The molecule has 0 aliphatic carbocycles. The number of benzene rings is 2.